The molecule has 4 heterocycles. The second-order valence-corrected chi connectivity index (χ2v) is 8.09. The molecule has 5 rings (SSSR count). The molecule has 1 saturated carbocycles. The van der Waals surface area contributed by atoms with Crippen molar-refractivity contribution in [2.24, 2.45) is 0 Å². The first kappa shape index (κ1) is 19.0. The van der Waals surface area contributed by atoms with Crippen LogP contribution in [-0.4, -0.2) is 45.4 Å². The van der Waals surface area contributed by atoms with Gasteiger partial charge in [0.2, 0.25) is 0 Å². The van der Waals surface area contributed by atoms with E-state index in [1.807, 2.05) is 44.7 Å². The summed E-state index contributed by atoms with van der Waals surface area (Å²) in [6.45, 7) is 4.37. The molecule has 0 radical (unpaired) electrons. The van der Waals surface area contributed by atoms with E-state index < -0.39 is 0 Å². The first-order valence-electron chi connectivity index (χ1n) is 10.8. The molecule has 0 saturated heterocycles. The van der Waals surface area contributed by atoms with Crippen molar-refractivity contribution in [3.8, 4) is 22.5 Å². The molecule has 1 aliphatic rings. The van der Waals surface area contributed by atoms with Crippen LogP contribution in [0.25, 0.3) is 28.0 Å². The Kier molecular flexibility index (Phi) is 4.86. The molecule has 0 aliphatic heterocycles. The predicted octanol–water partition coefficient (Wildman–Crippen LogP) is 3.90. The van der Waals surface area contributed by atoms with E-state index in [1.54, 1.807) is 6.20 Å². The Bertz CT molecular complexity index is 1150. The first-order valence-corrected chi connectivity index (χ1v) is 10.8. The molecule has 0 aromatic carbocycles. The lowest BCUT2D eigenvalue weighted by Crippen LogP contribution is -2.18. The van der Waals surface area contributed by atoms with Gasteiger partial charge >= 0.3 is 0 Å². The number of hydrogen-bond donors (Lipinski definition) is 1. The Morgan fingerprint density at radius 3 is 2.63 bits per heavy atom. The molecule has 156 valence electrons. The number of aliphatic hydroxyl groups excluding tert-OH is 1. The van der Waals surface area contributed by atoms with Crippen LogP contribution in [0.5, 0.6) is 0 Å². The van der Waals surface area contributed by atoms with Gasteiger partial charge in [0.15, 0.2) is 0 Å². The lowest BCUT2D eigenvalue weighted by atomic mass is 10.1. The van der Waals surface area contributed by atoms with Gasteiger partial charge in [-0.15, -0.1) is 0 Å². The standard InChI is InChI=1S/C22H27N7O/c1-3-17(4-2)27-13-16(11-24-27)22-20-8-9-23-29(20)14-18(26-22)15-10-25-28(12-15)19-6-5-7-21(19)30/h8-14,17,19,21,30H,3-7H2,1-2H3/t19-,21-/m1/s1. The molecular formula is C22H27N7O. The van der Waals surface area contributed by atoms with Crippen LogP contribution < -0.4 is 0 Å². The first-order chi connectivity index (χ1) is 14.7. The number of aromatic nitrogens is 7. The smallest absolute Gasteiger partial charge is 0.0999 e. The van der Waals surface area contributed by atoms with Crippen LogP contribution in [0.4, 0.5) is 0 Å². The van der Waals surface area contributed by atoms with Crippen molar-refractivity contribution < 1.29 is 5.11 Å². The average Bonchev–Trinajstić information content (AvgIpc) is 3.54. The molecule has 0 amide bonds. The van der Waals surface area contributed by atoms with Crippen molar-refractivity contribution in [2.75, 3.05) is 0 Å². The Morgan fingerprint density at radius 2 is 1.87 bits per heavy atom. The van der Waals surface area contributed by atoms with Crippen LogP contribution in [0.15, 0.2) is 43.2 Å². The fourth-order valence-corrected chi connectivity index (χ4v) is 4.48. The summed E-state index contributed by atoms with van der Waals surface area (Å²) in [4.78, 5) is 4.97. The molecule has 2 atom stereocenters. The molecule has 8 heteroatoms. The molecule has 0 bridgehead atoms. The van der Waals surface area contributed by atoms with E-state index in [0.717, 1.165) is 60.1 Å². The van der Waals surface area contributed by atoms with Gasteiger partial charge in [0.1, 0.15) is 0 Å². The van der Waals surface area contributed by atoms with Crippen molar-refractivity contribution in [3.05, 3.63) is 43.2 Å². The topological polar surface area (TPSA) is 86.1 Å². The highest BCUT2D eigenvalue weighted by Gasteiger charge is 2.27. The summed E-state index contributed by atoms with van der Waals surface area (Å²) in [5.41, 5.74) is 4.50. The maximum atomic E-state index is 10.2. The zero-order chi connectivity index (χ0) is 20.7. The monoisotopic (exact) mass is 405 g/mol. The van der Waals surface area contributed by atoms with Gasteiger partial charge in [-0.3, -0.25) is 9.36 Å². The third-order valence-electron chi connectivity index (χ3n) is 6.26. The Balaban J connectivity index is 1.55. The zero-order valence-electron chi connectivity index (χ0n) is 17.4. The van der Waals surface area contributed by atoms with E-state index in [0.29, 0.717) is 6.04 Å². The second-order valence-electron chi connectivity index (χ2n) is 8.09. The lowest BCUT2D eigenvalue weighted by Gasteiger charge is -2.14. The van der Waals surface area contributed by atoms with Gasteiger partial charge in [0.25, 0.3) is 0 Å². The fourth-order valence-electron chi connectivity index (χ4n) is 4.48. The highest BCUT2D eigenvalue weighted by atomic mass is 16.3. The molecular weight excluding hydrogens is 378 g/mol. The predicted molar refractivity (Wildman–Crippen MR) is 114 cm³/mol. The highest BCUT2D eigenvalue weighted by molar-refractivity contribution is 5.78. The van der Waals surface area contributed by atoms with Crippen molar-refractivity contribution >= 4 is 5.52 Å². The molecule has 0 unspecified atom stereocenters. The maximum absolute atomic E-state index is 10.2. The minimum atomic E-state index is -0.328. The van der Waals surface area contributed by atoms with Crippen LogP contribution in [0.1, 0.15) is 58.0 Å². The molecule has 8 nitrogen and oxygen atoms in total. The van der Waals surface area contributed by atoms with Crippen molar-refractivity contribution in [3.63, 3.8) is 0 Å². The van der Waals surface area contributed by atoms with Gasteiger partial charge in [-0.25, -0.2) is 9.50 Å². The summed E-state index contributed by atoms with van der Waals surface area (Å²) in [5.74, 6) is 0. The fraction of sp³-hybridized carbons (Fsp3) is 0.455. The molecule has 4 aromatic heterocycles. The average molecular weight is 406 g/mol. The number of aliphatic hydroxyl groups is 1. The van der Waals surface area contributed by atoms with E-state index in [1.165, 1.54) is 0 Å². The van der Waals surface area contributed by atoms with Gasteiger partial charge in [-0.05, 0) is 38.2 Å². The quantitative estimate of drug-likeness (QED) is 0.526. The van der Waals surface area contributed by atoms with Crippen LogP contribution in [-0.2, 0) is 0 Å². The van der Waals surface area contributed by atoms with E-state index in [-0.39, 0.29) is 12.1 Å². The van der Waals surface area contributed by atoms with Crippen molar-refractivity contribution in [1.82, 2.24) is 34.2 Å². The summed E-state index contributed by atoms with van der Waals surface area (Å²) >= 11 is 0. The van der Waals surface area contributed by atoms with Gasteiger partial charge in [0, 0.05) is 23.5 Å². The third-order valence-corrected chi connectivity index (χ3v) is 6.26. The molecule has 30 heavy (non-hydrogen) atoms. The number of nitrogens with zero attached hydrogens (tertiary/aromatic N) is 7. The molecule has 0 spiro atoms. The Hall–Kier alpha value is -3.00. The lowest BCUT2D eigenvalue weighted by molar-refractivity contribution is 0.130. The van der Waals surface area contributed by atoms with E-state index in [9.17, 15) is 5.11 Å². The van der Waals surface area contributed by atoms with E-state index in [2.05, 4.69) is 35.3 Å². The van der Waals surface area contributed by atoms with Gasteiger partial charge in [-0.1, -0.05) is 13.8 Å². The van der Waals surface area contributed by atoms with Crippen molar-refractivity contribution in [1.29, 1.82) is 0 Å². The second kappa shape index (κ2) is 7.68. The minimum Gasteiger partial charge on any atom is -0.391 e. The van der Waals surface area contributed by atoms with Crippen LogP contribution in [0, 0.1) is 0 Å². The summed E-state index contributed by atoms with van der Waals surface area (Å²) < 4.78 is 5.77. The highest BCUT2D eigenvalue weighted by Crippen LogP contribution is 2.32. The van der Waals surface area contributed by atoms with E-state index in [4.69, 9.17) is 4.98 Å². The van der Waals surface area contributed by atoms with Gasteiger partial charge in [0.05, 0.1) is 59.9 Å². The largest absolute Gasteiger partial charge is 0.391 e. The summed E-state index contributed by atoms with van der Waals surface area (Å²) in [6, 6.07) is 2.41. The van der Waals surface area contributed by atoms with Gasteiger partial charge in [-0.2, -0.15) is 15.3 Å². The van der Waals surface area contributed by atoms with Gasteiger partial charge < -0.3 is 5.11 Å². The summed E-state index contributed by atoms with van der Waals surface area (Å²) in [6.07, 6.45) is 16.0. The normalized spacial score (nSPS) is 19.3. The molecule has 1 aliphatic carbocycles. The minimum absolute atomic E-state index is 0.0462. The van der Waals surface area contributed by atoms with Crippen molar-refractivity contribution in [2.45, 2.75) is 64.1 Å². The molecule has 4 aromatic rings. The van der Waals surface area contributed by atoms with Crippen LogP contribution in [0.3, 0.4) is 0 Å². The van der Waals surface area contributed by atoms with Crippen LogP contribution >= 0.6 is 0 Å². The number of fused-ring (bicyclic) bond motifs is 1. The Morgan fingerprint density at radius 1 is 1.03 bits per heavy atom. The SMILES string of the molecule is CCC(CC)n1cc(-c2nc(-c3cnn([C@@H]4CCC[C@H]4O)c3)cn3nccc23)cn1. The molecule has 1 fully saturated rings. The third kappa shape index (κ3) is 3.21. The summed E-state index contributed by atoms with van der Waals surface area (Å²) in [7, 11) is 0. The summed E-state index contributed by atoms with van der Waals surface area (Å²) in [5, 5.41) is 23.8. The molecule has 1 N–H and O–H groups in total. The number of hydrogen-bond acceptors (Lipinski definition) is 5. The Labute approximate surface area is 175 Å². The van der Waals surface area contributed by atoms with Crippen LogP contribution in [0.2, 0.25) is 0 Å². The number of rotatable bonds is 6. The zero-order valence-corrected chi connectivity index (χ0v) is 17.4. The maximum Gasteiger partial charge on any atom is 0.0999 e. The van der Waals surface area contributed by atoms with E-state index >= 15 is 0 Å².